The van der Waals surface area contributed by atoms with Crippen molar-refractivity contribution in [2.45, 2.75) is 39.3 Å². The molecule has 1 aromatic rings. The average Bonchev–Trinajstić information content (AvgIpc) is 2.93. The predicted octanol–water partition coefficient (Wildman–Crippen LogP) is 5.04. The van der Waals surface area contributed by atoms with Crippen molar-refractivity contribution in [3.63, 3.8) is 0 Å². The molecule has 0 bridgehead atoms. The van der Waals surface area contributed by atoms with Gasteiger partial charge in [0.1, 0.15) is 10.4 Å². The van der Waals surface area contributed by atoms with Crippen LogP contribution >= 0.6 is 51.7 Å². The molecule has 6 nitrogen and oxygen atoms in total. The zero-order chi connectivity index (χ0) is 22.4. The molecule has 30 heavy (non-hydrogen) atoms. The van der Waals surface area contributed by atoms with E-state index in [-0.39, 0.29) is 10.4 Å². The number of nitrogens with zero attached hydrogens (tertiary/aromatic N) is 1. The van der Waals surface area contributed by atoms with E-state index in [0.717, 1.165) is 16.2 Å². The first-order valence-corrected chi connectivity index (χ1v) is 12.7. The molecule has 1 fully saturated rings. The molecule has 0 aliphatic carbocycles. The predicted molar refractivity (Wildman–Crippen MR) is 131 cm³/mol. The molecule has 0 spiro atoms. The van der Waals surface area contributed by atoms with Crippen LogP contribution in [-0.4, -0.2) is 57.0 Å². The van der Waals surface area contributed by atoms with Gasteiger partial charge in [-0.3, -0.25) is 9.69 Å². The summed E-state index contributed by atoms with van der Waals surface area (Å²) in [4.78, 5) is 26.3. The van der Waals surface area contributed by atoms with Crippen molar-refractivity contribution in [3.05, 3.63) is 27.1 Å². The normalized spacial score (nSPS) is 16.5. The second-order valence-corrected chi connectivity index (χ2v) is 10.1. The second-order valence-electron chi connectivity index (χ2n) is 6.61. The summed E-state index contributed by atoms with van der Waals surface area (Å²) in [7, 11) is 0. The minimum Gasteiger partial charge on any atom is -0.490 e. The van der Waals surface area contributed by atoms with E-state index in [9.17, 15) is 14.7 Å². The topological polar surface area (TPSA) is 76.1 Å². The van der Waals surface area contributed by atoms with Gasteiger partial charge in [0.15, 0.2) is 11.5 Å². The SMILES string of the molecule is CCOc1cc(C=C2SC(=S)N(C(CCSC)C(=O)O)C2=O)c(Br)cc1OC(C)C. The number of aliphatic carboxylic acids is 1. The van der Waals surface area contributed by atoms with E-state index in [0.29, 0.717) is 40.7 Å². The van der Waals surface area contributed by atoms with Gasteiger partial charge in [-0.1, -0.05) is 39.9 Å². The number of carbonyl (C=O) groups excluding carboxylic acids is 1. The monoisotopic (exact) mass is 533 g/mol. The van der Waals surface area contributed by atoms with Crippen molar-refractivity contribution in [1.82, 2.24) is 4.90 Å². The molecule has 0 aromatic heterocycles. The highest BCUT2D eigenvalue weighted by molar-refractivity contribution is 9.10. The lowest BCUT2D eigenvalue weighted by atomic mass is 10.1. The Bertz CT molecular complexity index is 859. The van der Waals surface area contributed by atoms with E-state index >= 15 is 0 Å². The van der Waals surface area contributed by atoms with Gasteiger partial charge in [-0.05, 0) is 63.0 Å². The van der Waals surface area contributed by atoms with Crippen molar-refractivity contribution in [2.75, 3.05) is 18.6 Å². The maximum Gasteiger partial charge on any atom is 0.326 e. The van der Waals surface area contributed by atoms with Gasteiger partial charge in [-0.25, -0.2) is 4.79 Å². The van der Waals surface area contributed by atoms with Crippen molar-refractivity contribution >= 4 is 73.9 Å². The second kappa shape index (κ2) is 11.4. The summed E-state index contributed by atoms with van der Waals surface area (Å²) in [5.74, 6) is 0.335. The van der Waals surface area contributed by atoms with Crippen LogP contribution in [0.25, 0.3) is 6.08 Å². The number of halogens is 1. The van der Waals surface area contributed by atoms with Crippen LogP contribution < -0.4 is 9.47 Å². The lowest BCUT2D eigenvalue weighted by Crippen LogP contribution is -2.44. The first-order valence-electron chi connectivity index (χ1n) is 9.31. The molecule has 10 heteroatoms. The summed E-state index contributed by atoms with van der Waals surface area (Å²) in [5.41, 5.74) is 0.714. The number of hydrogen-bond acceptors (Lipinski definition) is 7. The van der Waals surface area contributed by atoms with Gasteiger partial charge in [0.25, 0.3) is 5.91 Å². The maximum absolute atomic E-state index is 13.0. The molecular weight excluding hydrogens is 510 g/mol. The molecule has 164 valence electrons. The Morgan fingerprint density at radius 3 is 2.67 bits per heavy atom. The van der Waals surface area contributed by atoms with Crippen molar-refractivity contribution in [3.8, 4) is 11.5 Å². The minimum absolute atomic E-state index is 0.0209. The fraction of sp³-hybridized carbons (Fsp3) is 0.450. The lowest BCUT2D eigenvalue weighted by molar-refractivity contribution is -0.145. The lowest BCUT2D eigenvalue weighted by Gasteiger charge is -2.22. The highest BCUT2D eigenvalue weighted by Crippen LogP contribution is 2.39. The maximum atomic E-state index is 13.0. The summed E-state index contributed by atoms with van der Waals surface area (Å²) in [6.45, 7) is 6.21. The third-order valence-electron chi connectivity index (χ3n) is 4.03. The van der Waals surface area contributed by atoms with E-state index in [2.05, 4.69) is 15.9 Å². The van der Waals surface area contributed by atoms with Crippen LogP contribution in [0.2, 0.25) is 0 Å². The van der Waals surface area contributed by atoms with Gasteiger partial charge >= 0.3 is 5.97 Å². The molecule has 1 unspecified atom stereocenters. The molecular formula is C20H24BrNO5S3. The van der Waals surface area contributed by atoms with Crippen LogP contribution in [0.3, 0.4) is 0 Å². The summed E-state index contributed by atoms with van der Waals surface area (Å²) < 4.78 is 12.5. The Kier molecular flexibility index (Phi) is 9.52. The van der Waals surface area contributed by atoms with Crippen molar-refractivity contribution in [1.29, 1.82) is 0 Å². The summed E-state index contributed by atoms with van der Waals surface area (Å²) in [6, 6.07) is 2.62. The smallest absolute Gasteiger partial charge is 0.326 e. The van der Waals surface area contributed by atoms with E-state index < -0.39 is 17.9 Å². The quantitative estimate of drug-likeness (QED) is 0.331. The minimum atomic E-state index is -1.06. The Labute approximate surface area is 198 Å². The Balaban J connectivity index is 2.38. The van der Waals surface area contributed by atoms with Crippen LogP contribution in [0.4, 0.5) is 0 Å². The molecule has 1 aliphatic heterocycles. The fourth-order valence-electron chi connectivity index (χ4n) is 2.76. The number of amides is 1. The molecule has 1 atom stereocenters. The molecule has 1 aromatic carbocycles. The summed E-state index contributed by atoms with van der Waals surface area (Å²) in [6.07, 6.45) is 3.89. The molecule has 1 heterocycles. The summed E-state index contributed by atoms with van der Waals surface area (Å²) in [5, 5.41) is 9.58. The Morgan fingerprint density at radius 1 is 1.40 bits per heavy atom. The number of ether oxygens (including phenoxy) is 2. The van der Waals surface area contributed by atoms with Crippen LogP contribution in [0.1, 0.15) is 32.8 Å². The van der Waals surface area contributed by atoms with Crippen molar-refractivity contribution < 1.29 is 24.2 Å². The molecule has 1 aliphatic rings. The zero-order valence-corrected chi connectivity index (χ0v) is 21.2. The number of rotatable bonds is 10. The molecule has 0 radical (unpaired) electrons. The Hall–Kier alpha value is -1.23. The van der Waals surface area contributed by atoms with Crippen molar-refractivity contribution in [2.24, 2.45) is 0 Å². The van der Waals surface area contributed by atoms with Gasteiger partial charge < -0.3 is 14.6 Å². The van der Waals surface area contributed by atoms with Gasteiger partial charge in [-0.15, -0.1) is 0 Å². The largest absolute Gasteiger partial charge is 0.490 e. The third kappa shape index (κ3) is 6.15. The van der Waals surface area contributed by atoms with Gasteiger partial charge in [-0.2, -0.15) is 11.8 Å². The van der Waals surface area contributed by atoms with E-state index in [1.54, 1.807) is 18.2 Å². The van der Waals surface area contributed by atoms with E-state index in [1.807, 2.05) is 27.0 Å². The van der Waals surface area contributed by atoms with E-state index in [4.69, 9.17) is 21.7 Å². The molecule has 2 rings (SSSR count). The van der Waals surface area contributed by atoms with Crippen LogP contribution in [0.5, 0.6) is 11.5 Å². The van der Waals surface area contributed by atoms with Gasteiger partial charge in [0.2, 0.25) is 0 Å². The first kappa shape index (κ1) is 25.0. The number of hydrogen-bond donors (Lipinski definition) is 1. The van der Waals surface area contributed by atoms with Gasteiger partial charge in [0, 0.05) is 4.47 Å². The zero-order valence-electron chi connectivity index (χ0n) is 17.1. The van der Waals surface area contributed by atoms with E-state index in [1.165, 1.54) is 16.7 Å². The highest BCUT2D eigenvalue weighted by Gasteiger charge is 2.40. The Morgan fingerprint density at radius 2 is 2.10 bits per heavy atom. The average molecular weight is 535 g/mol. The molecule has 1 saturated heterocycles. The molecule has 0 saturated carbocycles. The van der Waals surface area contributed by atoms with Crippen LogP contribution in [-0.2, 0) is 9.59 Å². The number of thiocarbonyl (C=S) groups is 1. The molecule has 1 N–H and O–H groups in total. The standard InChI is InChI=1S/C20H24BrNO5S3/c1-5-26-15-8-12(13(21)10-16(15)27-11(2)3)9-17-18(23)22(20(28)30-17)14(19(24)25)6-7-29-4/h8-11,14H,5-7H2,1-4H3,(H,24,25). The van der Waals surface area contributed by atoms with Crippen LogP contribution in [0.15, 0.2) is 21.5 Å². The van der Waals surface area contributed by atoms with Gasteiger partial charge in [0.05, 0.1) is 17.6 Å². The highest BCUT2D eigenvalue weighted by atomic mass is 79.9. The first-order chi connectivity index (χ1) is 14.2. The fourth-order valence-corrected chi connectivity index (χ4v) is 5.00. The number of thioether (sulfide) groups is 2. The number of benzene rings is 1. The third-order valence-corrected chi connectivity index (χ3v) is 6.69. The molecule has 1 amide bonds. The number of carbonyl (C=O) groups is 2. The number of carboxylic acids is 1. The van der Waals surface area contributed by atoms with Crippen LogP contribution in [0, 0.1) is 0 Å². The summed E-state index contributed by atoms with van der Waals surface area (Å²) >= 11 is 11.5. The number of carboxylic acid groups (broad SMARTS) is 1.